The molecule has 2 atom stereocenters. The number of hydrogen-bond donors (Lipinski definition) is 1. The molecule has 0 aliphatic rings. The Kier molecular flexibility index (Phi) is 9.44. The fraction of sp³-hybridized carbons (Fsp3) is 0.375. The molecule has 0 aliphatic heterocycles. The highest BCUT2D eigenvalue weighted by Crippen LogP contribution is 2.49. The van der Waals surface area contributed by atoms with E-state index in [1.807, 2.05) is 69.2 Å². The van der Waals surface area contributed by atoms with Crippen LogP contribution in [0.5, 0.6) is 11.6 Å². The molecule has 0 fully saturated rings. The first-order valence-electron chi connectivity index (χ1n) is 13.5. The first kappa shape index (κ1) is 29.9. The second-order valence-corrected chi connectivity index (χ2v) is 11.2. The number of halogens is 2. The Balaban J connectivity index is 2.12. The van der Waals surface area contributed by atoms with Crippen LogP contribution in [0.1, 0.15) is 54.3 Å². The van der Waals surface area contributed by atoms with Crippen molar-refractivity contribution in [1.29, 1.82) is 0 Å². The van der Waals surface area contributed by atoms with E-state index >= 15 is 4.39 Å². The number of aromatic nitrogens is 2. The van der Waals surface area contributed by atoms with E-state index < -0.39 is 17.3 Å². The van der Waals surface area contributed by atoms with Gasteiger partial charge in [0.05, 0.1) is 25.7 Å². The van der Waals surface area contributed by atoms with Gasteiger partial charge in [-0.3, -0.25) is 4.98 Å². The summed E-state index contributed by atoms with van der Waals surface area (Å²) < 4.78 is 28.3. The molecule has 40 heavy (non-hydrogen) atoms. The van der Waals surface area contributed by atoms with E-state index in [2.05, 4.69) is 15.9 Å². The van der Waals surface area contributed by atoms with Crippen LogP contribution in [0.2, 0.25) is 0 Å². The van der Waals surface area contributed by atoms with E-state index in [1.165, 1.54) is 7.11 Å². The Morgan fingerprint density at radius 3 is 2.25 bits per heavy atom. The van der Waals surface area contributed by atoms with Crippen LogP contribution in [0.15, 0.2) is 59.1 Å². The molecule has 1 N–H and O–H groups in total. The molecular weight excluding hydrogens is 573 g/mol. The first-order valence-corrected chi connectivity index (χ1v) is 14.3. The van der Waals surface area contributed by atoms with Crippen molar-refractivity contribution in [2.24, 2.45) is 0 Å². The smallest absolute Gasteiger partial charge is 0.217 e. The van der Waals surface area contributed by atoms with Gasteiger partial charge in [0, 0.05) is 38.9 Å². The Morgan fingerprint density at radius 1 is 0.950 bits per heavy atom. The summed E-state index contributed by atoms with van der Waals surface area (Å²) in [6, 6.07) is 16.6. The zero-order valence-electron chi connectivity index (χ0n) is 24.0. The predicted molar refractivity (Wildman–Crippen MR) is 161 cm³/mol. The molecule has 0 saturated heterocycles. The largest absolute Gasteiger partial charge is 0.494 e. The van der Waals surface area contributed by atoms with Gasteiger partial charge < -0.3 is 19.5 Å². The second kappa shape index (κ2) is 12.6. The number of aliphatic hydroxyl groups is 1. The Morgan fingerprint density at radius 2 is 1.65 bits per heavy atom. The quantitative estimate of drug-likeness (QED) is 0.205. The summed E-state index contributed by atoms with van der Waals surface area (Å²) in [5.74, 6) is -0.989. The number of methoxy groups -OCH3 is 2. The molecule has 0 bridgehead atoms. The number of aryl methyl sites for hydroxylation is 2. The number of hydrogen-bond acceptors (Lipinski definition) is 6. The molecule has 8 heteroatoms. The highest BCUT2D eigenvalue weighted by Gasteiger charge is 2.44. The first-order chi connectivity index (χ1) is 19.1. The van der Waals surface area contributed by atoms with Crippen molar-refractivity contribution in [2.45, 2.75) is 44.6 Å². The van der Waals surface area contributed by atoms with Crippen LogP contribution in [0.25, 0.3) is 10.9 Å². The SMILES string of the molecule is CCc1cc(C(O)(CCN(C)C)C(c2cc3cc(Br)ccc3nc2OC)c2cccc(OC)c2F)cc(CC)n1. The molecule has 0 aliphatic carbocycles. The Hall–Kier alpha value is -3.07. The van der Waals surface area contributed by atoms with Gasteiger partial charge in [-0.15, -0.1) is 0 Å². The van der Waals surface area contributed by atoms with Crippen molar-refractivity contribution in [3.8, 4) is 11.6 Å². The molecule has 0 spiro atoms. The van der Waals surface area contributed by atoms with Gasteiger partial charge in [0.15, 0.2) is 11.6 Å². The van der Waals surface area contributed by atoms with Crippen molar-refractivity contribution in [3.05, 3.63) is 93.0 Å². The van der Waals surface area contributed by atoms with Crippen molar-refractivity contribution < 1.29 is 19.0 Å². The van der Waals surface area contributed by atoms with Crippen LogP contribution >= 0.6 is 15.9 Å². The summed E-state index contributed by atoms with van der Waals surface area (Å²) in [5.41, 5.74) is 2.48. The molecule has 212 valence electrons. The maximum Gasteiger partial charge on any atom is 0.217 e. The van der Waals surface area contributed by atoms with Crippen LogP contribution in [0.3, 0.4) is 0 Å². The third kappa shape index (κ3) is 5.99. The van der Waals surface area contributed by atoms with E-state index in [4.69, 9.17) is 19.4 Å². The molecule has 0 saturated carbocycles. The van der Waals surface area contributed by atoms with Crippen molar-refractivity contribution in [2.75, 3.05) is 34.9 Å². The zero-order chi connectivity index (χ0) is 29.0. The summed E-state index contributed by atoms with van der Waals surface area (Å²) in [6.07, 6.45) is 1.73. The van der Waals surface area contributed by atoms with E-state index in [9.17, 15) is 5.11 Å². The van der Waals surface area contributed by atoms with Gasteiger partial charge in [0.1, 0.15) is 5.60 Å². The Bertz CT molecular complexity index is 1470. The standard InChI is InChI=1S/C32H37BrFN3O3/c1-7-23-18-21(19-24(8-2)35-23)32(38,14-15-37(3)4)29(25-10-9-11-28(39-5)30(25)34)26-17-20-16-22(33)12-13-27(20)36-31(26)40-6/h9-13,16-19,29,38H,7-8,14-15H2,1-6H3. The van der Waals surface area contributed by atoms with Gasteiger partial charge in [-0.1, -0.05) is 41.9 Å². The summed E-state index contributed by atoms with van der Waals surface area (Å²) >= 11 is 3.56. The number of rotatable bonds is 11. The molecule has 2 aromatic carbocycles. The molecule has 4 rings (SSSR count). The van der Waals surface area contributed by atoms with Crippen LogP contribution in [-0.2, 0) is 18.4 Å². The number of pyridine rings is 2. The molecule has 2 unspecified atom stereocenters. The van der Waals surface area contributed by atoms with Crippen molar-refractivity contribution in [3.63, 3.8) is 0 Å². The monoisotopic (exact) mass is 609 g/mol. The molecule has 2 aromatic heterocycles. The van der Waals surface area contributed by atoms with Gasteiger partial charge >= 0.3 is 0 Å². The van der Waals surface area contributed by atoms with Crippen LogP contribution in [-0.4, -0.2) is 54.8 Å². The lowest BCUT2D eigenvalue weighted by Gasteiger charge is -2.39. The third-order valence-electron chi connectivity index (χ3n) is 7.37. The maximum atomic E-state index is 16.2. The fourth-order valence-corrected chi connectivity index (χ4v) is 5.60. The number of nitrogens with zero attached hydrogens (tertiary/aromatic N) is 3. The maximum absolute atomic E-state index is 16.2. The molecule has 4 aromatic rings. The molecule has 0 amide bonds. The predicted octanol–water partition coefficient (Wildman–Crippen LogP) is 6.64. The molecule has 0 radical (unpaired) electrons. The number of fused-ring (bicyclic) bond motifs is 1. The second-order valence-electron chi connectivity index (χ2n) is 10.2. The Labute approximate surface area is 244 Å². The van der Waals surface area contributed by atoms with E-state index in [1.54, 1.807) is 25.3 Å². The lowest BCUT2D eigenvalue weighted by molar-refractivity contribution is 0.00259. The summed E-state index contributed by atoms with van der Waals surface area (Å²) in [6.45, 7) is 4.63. The molecule has 6 nitrogen and oxygen atoms in total. The fourth-order valence-electron chi connectivity index (χ4n) is 5.22. The lowest BCUT2D eigenvalue weighted by Crippen LogP contribution is -2.38. The number of ether oxygens (including phenoxy) is 2. The highest BCUT2D eigenvalue weighted by molar-refractivity contribution is 9.10. The summed E-state index contributed by atoms with van der Waals surface area (Å²) in [7, 11) is 6.90. The molecular formula is C32H37BrFN3O3. The van der Waals surface area contributed by atoms with Gasteiger partial charge in [-0.2, -0.15) is 0 Å². The average molecular weight is 611 g/mol. The minimum absolute atomic E-state index is 0.103. The average Bonchev–Trinajstić information content (AvgIpc) is 2.96. The van der Waals surface area contributed by atoms with E-state index in [-0.39, 0.29) is 5.75 Å². The third-order valence-corrected chi connectivity index (χ3v) is 7.86. The van der Waals surface area contributed by atoms with Gasteiger partial charge in [-0.25, -0.2) is 9.37 Å². The molecule has 2 heterocycles. The van der Waals surface area contributed by atoms with Crippen LogP contribution in [0.4, 0.5) is 4.39 Å². The van der Waals surface area contributed by atoms with E-state index in [0.717, 1.165) is 26.8 Å². The summed E-state index contributed by atoms with van der Waals surface area (Å²) in [5, 5.41) is 13.9. The van der Waals surface area contributed by atoms with Gasteiger partial charge in [-0.05, 0) is 81.4 Å². The van der Waals surface area contributed by atoms with Gasteiger partial charge in [0.25, 0.3) is 0 Å². The normalized spacial score (nSPS) is 13.8. The lowest BCUT2D eigenvalue weighted by atomic mass is 9.71. The van der Waals surface area contributed by atoms with Crippen LogP contribution < -0.4 is 9.47 Å². The summed E-state index contributed by atoms with van der Waals surface area (Å²) in [4.78, 5) is 11.6. The minimum Gasteiger partial charge on any atom is -0.494 e. The van der Waals surface area contributed by atoms with Crippen molar-refractivity contribution >= 4 is 26.8 Å². The number of benzene rings is 2. The van der Waals surface area contributed by atoms with Crippen LogP contribution in [0, 0.1) is 5.82 Å². The van der Waals surface area contributed by atoms with Gasteiger partial charge in [0.2, 0.25) is 5.88 Å². The van der Waals surface area contributed by atoms with E-state index in [0.29, 0.717) is 48.4 Å². The minimum atomic E-state index is -1.55. The zero-order valence-corrected chi connectivity index (χ0v) is 25.5. The topological polar surface area (TPSA) is 67.7 Å². The van der Waals surface area contributed by atoms with Crippen molar-refractivity contribution in [1.82, 2.24) is 14.9 Å². The highest BCUT2D eigenvalue weighted by atomic mass is 79.9.